The van der Waals surface area contributed by atoms with E-state index in [1.807, 2.05) is 36.0 Å². The average molecular weight is 306 g/mol. The molecule has 114 valence electrons. The SMILES string of the molecule is CSC1CCCC(NC(=O)C2CNc3ccccc3O2)C1. The van der Waals surface area contributed by atoms with E-state index in [1.54, 1.807) is 0 Å². The van der Waals surface area contributed by atoms with Crippen LogP contribution in [-0.2, 0) is 4.79 Å². The largest absolute Gasteiger partial charge is 0.477 e. The Balaban J connectivity index is 1.57. The highest BCUT2D eigenvalue weighted by atomic mass is 32.2. The van der Waals surface area contributed by atoms with E-state index >= 15 is 0 Å². The van der Waals surface area contributed by atoms with E-state index in [4.69, 9.17) is 4.74 Å². The van der Waals surface area contributed by atoms with E-state index in [0.29, 0.717) is 17.8 Å². The summed E-state index contributed by atoms with van der Waals surface area (Å²) in [6.07, 6.45) is 6.34. The van der Waals surface area contributed by atoms with Gasteiger partial charge in [0, 0.05) is 11.3 Å². The van der Waals surface area contributed by atoms with E-state index in [0.717, 1.165) is 24.3 Å². The Bertz CT molecular complexity index is 509. The summed E-state index contributed by atoms with van der Waals surface area (Å²) in [5.41, 5.74) is 0.960. The van der Waals surface area contributed by atoms with Crippen molar-refractivity contribution in [2.24, 2.45) is 0 Å². The Kier molecular flexibility index (Phi) is 4.58. The van der Waals surface area contributed by atoms with Crippen LogP contribution in [0.25, 0.3) is 0 Å². The fraction of sp³-hybridized carbons (Fsp3) is 0.562. The minimum absolute atomic E-state index is 0.00348. The lowest BCUT2D eigenvalue weighted by molar-refractivity contribution is -0.128. The van der Waals surface area contributed by atoms with Crippen LogP contribution in [0.2, 0.25) is 0 Å². The molecule has 2 N–H and O–H groups in total. The van der Waals surface area contributed by atoms with Crippen LogP contribution in [0.15, 0.2) is 24.3 Å². The first-order valence-corrected chi connectivity index (χ1v) is 8.88. The third kappa shape index (κ3) is 3.46. The smallest absolute Gasteiger partial charge is 0.263 e. The molecular formula is C16H22N2O2S. The van der Waals surface area contributed by atoms with Gasteiger partial charge in [-0.15, -0.1) is 0 Å². The Morgan fingerprint density at radius 1 is 1.38 bits per heavy atom. The number of benzene rings is 1. The lowest BCUT2D eigenvalue weighted by Crippen LogP contribution is -2.49. The molecule has 1 heterocycles. The summed E-state index contributed by atoms with van der Waals surface area (Å²) in [7, 11) is 0. The van der Waals surface area contributed by atoms with Gasteiger partial charge in [-0.05, 0) is 37.7 Å². The Labute approximate surface area is 130 Å². The number of ether oxygens (including phenoxy) is 1. The number of anilines is 1. The second-order valence-corrected chi connectivity index (χ2v) is 6.85. The molecule has 5 heteroatoms. The van der Waals surface area contributed by atoms with E-state index in [9.17, 15) is 4.79 Å². The highest BCUT2D eigenvalue weighted by Crippen LogP contribution is 2.29. The van der Waals surface area contributed by atoms with Gasteiger partial charge in [0.2, 0.25) is 0 Å². The van der Waals surface area contributed by atoms with Crippen LogP contribution < -0.4 is 15.4 Å². The van der Waals surface area contributed by atoms with Crippen molar-refractivity contribution in [3.63, 3.8) is 0 Å². The van der Waals surface area contributed by atoms with Crippen molar-refractivity contribution in [2.45, 2.75) is 43.1 Å². The number of thioether (sulfide) groups is 1. The van der Waals surface area contributed by atoms with Crippen LogP contribution in [0.5, 0.6) is 5.75 Å². The standard InChI is InChI=1S/C16H22N2O2S/c1-21-12-6-4-5-11(9-12)18-16(19)15-10-17-13-7-2-3-8-14(13)20-15/h2-3,7-8,11-12,15,17H,4-6,9-10H2,1H3,(H,18,19). The predicted octanol–water partition coefficient (Wildman–Crippen LogP) is 2.65. The molecule has 1 saturated carbocycles. The van der Waals surface area contributed by atoms with Crippen LogP contribution in [0.3, 0.4) is 0 Å². The molecule has 3 atom stereocenters. The lowest BCUT2D eigenvalue weighted by Gasteiger charge is -2.31. The molecule has 1 fully saturated rings. The van der Waals surface area contributed by atoms with E-state index in [1.165, 1.54) is 12.8 Å². The normalized spacial score (nSPS) is 28.0. The van der Waals surface area contributed by atoms with Gasteiger partial charge in [0.05, 0.1) is 12.2 Å². The van der Waals surface area contributed by atoms with Gasteiger partial charge in [-0.1, -0.05) is 18.6 Å². The van der Waals surface area contributed by atoms with Crippen LogP contribution in [0.4, 0.5) is 5.69 Å². The quantitative estimate of drug-likeness (QED) is 0.901. The Morgan fingerprint density at radius 3 is 3.10 bits per heavy atom. The van der Waals surface area contributed by atoms with Crippen molar-refractivity contribution >= 4 is 23.4 Å². The molecule has 1 aromatic carbocycles. The van der Waals surface area contributed by atoms with Gasteiger partial charge >= 0.3 is 0 Å². The summed E-state index contributed by atoms with van der Waals surface area (Å²) in [4.78, 5) is 12.4. The summed E-state index contributed by atoms with van der Waals surface area (Å²) in [6.45, 7) is 0.529. The zero-order valence-electron chi connectivity index (χ0n) is 12.3. The number of carbonyl (C=O) groups excluding carboxylic acids is 1. The number of amides is 1. The van der Waals surface area contributed by atoms with Crippen LogP contribution in [0.1, 0.15) is 25.7 Å². The number of hydrogen-bond donors (Lipinski definition) is 2. The minimum atomic E-state index is -0.436. The molecule has 0 spiro atoms. The Morgan fingerprint density at radius 2 is 2.24 bits per heavy atom. The van der Waals surface area contributed by atoms with E-state index in [-0.39, 0.29) is 5.91 Å². The molecule has 3 unspecified atom stereocenters. The van der Waals surface area contributed by atoms with Crippen molar-refractivity contribution in [1.29, 1.82) is 0 Å². The minimum Gasteiger partial charge on any atom is -0.477 e. The maximum Gasteiger partial charge on any atom is 0.263 e. The second kappa shape index (κ2) is 6.60. The fourth-order valence-corrected chi connectivity index (χ4v) is 3.87. The summed E-state index contributed by atoms with van der Waals surface area (Å²) in [6, 6.07) is 8.04. The number of nitrogens with one attached hydrogen (secondary N) is 2. The Hall–Kier alpha value is -1.36. The summed E-state index contributed by atoms with van der Waals surface area (Å²) < 4.78 is 5.81. The molecule has 4 nitrogen and oxygen atoms in total. The second-order valence-electron chi connectivity index (χ2n) is 5.71. The van der Waals surface area contributed by atoms with Gasteiger partial charge in [-0.3, -0.25) is 4.79 Å². The molecule has 1 amide bonds. The summed E-state index contributed by atoms with van der Waals surface area (Å²) >= 11 is 1.91. The van der Waals surface area contributed by atoms with Crippen molar-refractivity contribution in [3.05, 3.63) is 24.3 Å². The number of rotatable bonds is 3. The van der Waals surface area contributed by atoms with Crippen LogP contribution >= 0.6 is 11.8 Å². The summed E-state index contributed by atoms with van der Waals surface area (Å²) in [5, 5.41) is 7.10. The molecule has 1 aliphatic carbocycles. The molecule has 2 aliphatic rings. The zero-order valence-corrected chi connectivity index (χ0v) is 13.1. The van der Waals surface area contributed by atoms with Crippen molar-refractivity contribution in [1.82, 2.24) is 5.32 Å². The van der Waals surface area contributed by atoms with Gasteiger partial charge in [-0.2, -0.15) is 11.8 Å². The molecular weight excluding hydrogens is 284 g/mol. The van der Waals surface area contributed by atoms with E-state index < -0.39 is 6.10 Å². The van der Waals surface area contributed by atoms with E-state index in [2.05, 4.69) is 16.9 Å². The fourth-order valence-electron chi connectivity index (χ4n) is 3.04. The number of carbonyl (C=O) groups is 1. The van der Waals surface area contributed by atoms with Gasteiger partial charge in [-0.25, -0.2) is 0 Å². The van der Waals surface area contributed by atoms with Gasteiger partial charge in [0.15, 0.2) is 6.10 Å². The average Bonchev–Trinajstić information content (AvgIpc) is 2.54. The van der Waals surface area contributed by atoms with Crippen molar-refractivity contribution in [2.75, 3.05) is 18.1 Å². The highest BCUT2D eigenvalue weighted by Gasteiger charge is 2.29. The van der Waals surface area contributed by atoms with Gasteiger partial charge < -0.3 is 15.4 Å². The third-order valence-electron chi connectivity index (χ3n) is 4.23. The molecule has 1 aliphatic heterocycles. The number of hydrogen-bond acceptors (Lipinski definition) is 4. The number of para-hydroxylation sites is 2. The molecule has 0 aromatic heterocycles. The maximum atomic E-state index is 12.4. The lowest BCUT2D eigenvalue weighted by atomic mass is 9.94. The first-order chi connectivity index (χ1) is 10.3. The predicted molar refractivity (Wildman–Crippen MR) is 87.0 cm³/mol. The van der Waals surface area contributed by atoms with Gasteiger partial charge in [0.25, 0.3) is 5.91 Å². The van der Waals surface area contributed by atoms with Crippen LogP contribution in [0, 0.1) is 0 Å². The number of fused-ring (bicyclic) bond motifs is 1. The molecule has 3 rings (SSSR count). The summed E-state index contributed by atoms with van der Waals surface area (Å²) in [5.74, 6) is 0.762. The first kappa shape index (κ1) is 14.6. The molecule has 0 radical (unpaired) electrons. The monoisotopic (exact) mass is 306 g/mol. The molecule has 0 saturated heterocycles. The van der Waals surface area contributed by atoms with Crippen LogP contribution in [-0.4, -0.2) is 36.1 Å². The zero-order chi connectivity index (χ0) is 14.7. The van der Waals surface area contributed by atoms with Crippen molar-refractivity contribution in [3.8, 4) is 5.75 Å². The molecule has 0 bridgehead atoms. The molecule has 1 aromatic rings. The topological polar surface area (TPSA) is 50.4 Å². The molecule has 21 heavy (non-hydrogen) atoms. The maximum absolute atomic E-state index is 12.4. The van der Waals surface area contributed by atoms with Gasteiger partial charge in [0.1, 0.15) is 5.75 Å². The highest BCUT2D eigenvalue weighted by molar-refractivity contribution is 7.99. The van der Waals surface area contributed by atoms with Crippen molar-refractivity contribution < 1.29 is 9.53 Å². The first-order valence-electron chi connectivity index (χ1n) is 7.59. The third-order valence-corrected chi connectivity index (χ3v) is 5.33.